The molecule has 0 aromatic heterocycles. The molecular weight excluding hydrogens is 262 g/mol. The molecule has 3 nitrogen and oxygen atoms in total. The summed E-state index contributed by atoms with van der Waals surface area (Å²) in [5, 5.41) is 0. The fourth-order valence-electron chi connectivity index (χ4n) is 2.76. The van der Waals surface area contributed by atoms with Gasteiger partial charge in [0, 0.05) is 5.56 Å². The van der Waals surface area contributed by atoms with E-state index in [0.717, 1.165) is 33.8 Å². The molecule has 0 saturated heterocycles. The van der Waals surface area contributed by atoms with Crippen molar-refractivity contribution in [3.05, 3.63) is 58.1 Å². The number of rotatable bonds is 4. The van der Waals surface area contributed by atoms with E-state index in [1.165, 1.54) is 5.56 Å². The molecule has 2 aromatic rings. The molecule has 1 unspecified atom stereocenters. The van der Waals surface area contributed by atoms with Crippen LogP contribution in [0.1, 0.15) is 33.9 Å². The summed E-state index contributed by atoms with van der Waals surface area (Å²) in [5.74, 6) is 1.74. The predicted molar refractivity (Wildman–Crippen MR) is 86.2 cm³/mol. The lowest BCUT2D eigenvalue weighted by molar-refractivity contribution is 0.406. The van der Waals surface area contributed by atoms with Crippen molar-refractivity contribution >= 4 is 0 Å². The van der Waals surface area contributed by atoms with Gasteiger partial charge in [-0.05, 0) is 43.5 Å². The van der Waals surface area contributed by atoms with Gasteiger partial charge in [-0.3, -0.25) is 0 Å². The lowest BCUT2D eigenvalue weighted by Crippen LogP contribution is -2.14. The Hall–Kier alpha value is -2.00. The molecule has 2 rings (SSSR count). The van der Waals surface area contributed by atoms with Crippen molar-refractivity contribution in [1.29, 1.82) is 0 Å². The van der Waals surface area contributed by atoms with Crippen molar-refractivity contribution < 1.29 is 9.47 Å². The van der Waals surface area contributed by atoms with Crippen molar-refractivity contribution in [1.82, 2.24) is 0 Å². The molecule has 0 fully saturated rings. The Morgan fingerprint density at radius 2 is 1.52 bits per heavy atom. The van der Waals surface area contributed by atoms with Crippen molar-refractivity contribution in [3.8, 4) is 11.5 Å². The van der Waals surface area contributed by atoms with Crippen LogP contribution in [0.4, 0.5) is 0 Å². The van der Waals surface area contributed by atoms with Crippen molar-refractivity contribution in [3.63, 3.8) is 0 Å². The number of ether oxygens (including phenoxy) is 2. The molecular formula is C18H23NO2. The van der Waals surface area contributed by atoms with E-state index >= 15 is 0 Å². The summed E-state index contributed by atoms with van der Waals surface area (Å²) in [7, 11) is 3.37. The van der Waals surface area contributed by atoms with E-state index in [-0.39, 0.29) is 6.04 Å². The Kier molecular flexibility index (Phi) is 4.53. The monoisotopic (exact) mass is 285 g/mol. The van der Waals surface area contributed by atoms with Crippen LogP contribution in [0, 0.1) is 20.8 Å². The van der Waals surface area contributed by atoms with Crippen LogP contribution >= 0.6 is 0 Å². The van der Waals surface area contributed by atoms with Gasteiger partial charge in [-0.15, -0.1) is 0 Å². The molecule has 0 aliphatic heterocycles. The van der Waals surface area contributed by atoms with E-state index < -0.39 is 0 Å². The summed E-state index contributed by atoms with van der Waals surface area (Å²) < 4.78 is 10.9. The first kappa shape index (κ1) is 15.4. The number of aryl methyl sites for hydroxylation is 3. The average molecular weight is 285 g/mol. The smallest absolute Gasteiger partial charge is 0.124 e. The quantitative estimate of drug-likeness (QED) is 0.932. The summed E-state index contributed by atoms with van der Waals surface area (Å²) in [6, 6.07) is 10.0. The van der Waals surface area contributed by atoms with Gasteiger partial charge in [-0.25, -0.2) is 0 Å². The molecule has 0 amide bonds. The molecule has 0 radical (unpaired) electrons. The molecule has 2 aromatic carbocycles. The standard InChI is InChI=1S/C18H23NO2/c1-11-6-7-16(20-4)15(8-11)17(19)14-9-12(2)18(21-5)13(3)10-14/h6-10,17H,19H2,1-5H3. The van der Waals surface area contributed by atoms with Crippen LogP contribution in [0.2, 0.25) is 0 Å². The van der Waals surface area contributed by atoms with E-state index in [9.17, 15) is 0 Å². The molecule has 0 heterocycles. The van der Waals surface area contributed by atoms with E-state index in [4.69, 9.17) is 15.2 Å². The van der Waals surface area contributed by atoms with Gasteiger partial charge in [0.2, 0.25) is 0 Å². The highest BCUT2D eigenvalue weighted by Crippen LogP contribution is 2.33. The first-order valence-electron chi connectivity index (χ1n) is 7.03. The molecule has 2 N–H and O–H groups in total. The van der Waals surface area contributed by atoms with Gasteiger partial charge in [0.25, 0.3) is 0 Å². The molecule has 0 aliphatic carbocycles. The first-order valence-corrected chi connectivity index (χ1v) is 7.03. The molecule has 1 atom stereocenters. The van der Waals surface area contributed by atoms with Gasteiger partial charge < -0.3 is 15.2 Å². The van der Waals surface area contributed by atoms with Gasteiger partial charge in [-0.1, -0.05) is 29.8 Å². The highest BCUT2D eigenvalue weighted by Gasteiger charge is 2.16. The van der Waals surface area contributed by atoms with Crippen LogP contribution in [0.5, 0.6) is 11.5 Å². The minimum absolute atomic E-state index is 0.219. The maximum Gasteiger partial charge on any atom is 0.124 e. The van der Waals surface area contributed by atoms with Crippen LogP contribution < -0.4 is 15.2 Å². The highest BCUT2D eigenvalue weighted by atomic mass is 16.5. The summed E-state index contributed by atoms with van der Waals surface area (Å²) in [4.78, 5) is 0. The fourth-order valence-corrected chi connectivity index (χ4v) is 2.76. The molecule has 0 bridgehead atoms. The highest BCUT2D eigenvalue weighted by molar-refractivity contribution is 5.49. The Bertz CT molecular complexity index is 627. The number of hydrogen-bond donors (Lipinski definition) is 1. The number of methoxy groups -OCH3 is 2. The van der Waals surface area contributed by atoms with Crippen molar-refractivity contribution in [2.45, 2.75) is 26.8 Å². The minimum Gasteiger partial charge on any atom is -0.496 e. The van der Waals surface area contributed by atoms with E-state index in [1.807, 2.05) is 26.0 Å². The predicted octanol–water partition coefficient (Wildman–Crippen LogP) is 3.68. The SMILES string of the molecule is COc1ccc(C)cc1C(N)c1cc(C)c(OC)c(C)c1. The van der Waals surface area contributed by atoms with E-state index in [2.05, 4.69) is 25.1 Å². The largest absolute Gasteiger partial charge is 0.496 e. The summed E-state index contributed by atoms with van der Waals surface area (Å²) in [5.41, 5.74) is 11.9. The zero-order chi connectivity index (χ0) is 15.6. The first-order chi connectivity index (χ1) is 9.97. The van der Waals surface area contributed by atoms with Gasteiger partial charge >= 0.3 is 0 Å². The maximum atomic E-state index is 6.47. The third-order valence-corrected chi connectivity index (χ3v) is 3.77. The maximum absolute atomic E-state index is 6.47. The number of hydrogen-bond acceptors (Lipinski definition) is 3. The minimum atomic E-state index is -0.219. The van der Waals surface area contributed by atoms with Crippen LogP contribution in [-0.4, -0.2) is 14.2 Å². The topological polar surface area (TPSA) is 44.5 Å². The fraction of sp³-hybridized carbons (Fsp3) is 0.333. The second kappa shape index (κ2) is 6.19. The van der Waals surface area contributed by atoms with Crippen LogP contribution in [-0.2, 0) is 0 Å². The molecule has 0 saturated carbocycles. The molecule has 0 aliphatic rings. The zero-order valence-corrected chi connectivity index (χ0v) is 13.4. The van der Waals surface area contributed by atoms with E-state index in [0.29, 0.717) is 0 Å². The molecule has 3 heteroatoms. The van der Waals surface area contributed by atoms with Crippen LogP contribution in [0.3, 0.4) is 0 Å². The Morgan fingerprint density at radius 3 is 2.05 bits per heavy atom. The summed E-state index contributed by atoms with van der Waals surface area (Å²) in [6.45, 7) is 6.13. The molecule has 0 spiro atoms. The second-order valence-corrected chi connectivity index (χ2v) is 5.41. The molecule has 21 heavy (non-hydrogen) atoms. The Morgan fingerprint density at radius 1 is 0.905 bits per heavy atom. The number of benzene rings is 2. The van der Waals surface area contributed by atoms with Gasteiger partial charge in [0.05, 0.1) is 20.3 Å². The lowest BCUT2D eigenvalue weighted by atomic mass is 9.94. The van der Waals surface area contributed by atoms with Crippen LogP contribution in [0.15, 0.2) is 30.3 Å². The van der Waals surface area contributed by atoms with Crippen LogP contribution in [0.25, 0.3) is 0 Å². The third-order valence-electron chi connectivity index (χ3n) is 3.77. The van der Waals surface area contributed by atoms with Crippen molar-refractivity contribution in [2.24, 2.45) is 5.73 Å². The summed E-state index contributed by atoms with van der Waals surface area (Å²) >= 11 is 0. The number of nitrogens with two attached hydrogens (primary N) is 1. The van der Waals surface area contributed by atoms with Gasteiger partial charge in [0.15, 0.2) is 0 Å². The zero-order valence-electron chi connectivity index (χ0n) is 13.4. The van der Waals surface area contributed by atoms with Gasteiger partial charge in [-0.2, -0.15) is 0 Å². The van der Waals surface area contributed by atoms with E-state index in [1.54, 1.807) is 14.2 Å². The van der Waals surface area contributed by atoms with Crippen molar-refractivity contribution in [2.75, 3.05) is 14.2 Å². The normalized spacial score (nSPS) is 12.1. The Balaban J connectivity index is 2.50. The second-order valence-electron chi connectivity index (χ2n) is 5.41. The Labute approximate surface area is 126 Å². The summed E-state index contributed by atoms with van der Waals surface area (Å²) in [6.07, 6.45) is 0. The average Bonchev–Trinajstić information content (AvgIpc) is 2.46. The third kappa shape index (κ3) is 3.03. The van der Waals surface area contributed by atoms with Gasteiger partial charge in [0.1, 0.15) is 11.5 Å². The lowest BCUT2D eigenvalue weighted by Gasteiger charge is -2.19. The molecule has 112 valence electrons.